The second-order valence-electron chi connectivity index (χ2n) is 7.21. The van der Waals surface area contributed by atoms with Gasteiger partial charge in [0.25, 0.3) is 5.91 Å². The number of para-hydroxylation sites is 1. The van der Waals surface area contributed by atoms with Crippen molar-refractivity contribution in [3.63, 3.8) is 0 Å². The van der Waals surface area contributed by atoms with Gasteiger partial charge in [0.2, 0.25) is 0 Å². The summed E-state index contributed by atoms with van der Waals surface area (Å²) in [6.45, 7) is 6.16. The highest BCUT2D eigenvalue weighted by Crippen LogP contribution is 2.25. The van der Waals surface area contributed by atoms with Gasteiger partial charge in [-0.3, -0.25) is 4.79 Å². The predicted molar refractivity (Wildman–Crippen MR) is 127 cm³/mol. The number of rotatable bonds is 7. The predicted octanol–water partition coefficient (Wildman–Crippen LogP) is 5.64. The number of hydrogen-bond acceptors (Lipinski definition) is 3. The lowest BCUT2D eigenvalue weighted by Gasteiger charge is -2.21. The van der Waals surface area contributed by atoms with Crippen molar-refractivity contribution < 1.29 is 4.79 Å². The Kier molecular flexibility index (Phi) is 6.13. The van der Waals surface area contributed by atoms with Crippen LogP contribution in [-0.2, 0) is 0 Å². The normalized spacial score (nSPS) is 10.6. The summed E-state index contributed by atoms with van der Waals surface area (Å²) in [5, 5.41) is 7.75. The van der Waals surface area contributed by atoms with Crippen LogP contribution in [0.25, 0.3) is 16.9 Å². The second-order valence-corrected chi connectivity index (χ2v) is 7.21. The molecule has 1 heterocycles. The minimum absolute atomic E-state index is 0.184. The van der Waals surface area contributed by atoms with Crippen LogP contribution < -0.4 is 10.2 Å². The number of aromatic nitrogens is 2. The summed E-state index contributed by atoms with van der Waals surface area (Å²) in [4.78, 5) is 15.5. The van der Waals surface area contributed by atoms with Crippen molar-refractivity contribution in [2.75, 3.05) is 23.3 Å². The summed E-state index contributed by atoms with van der Waals surface area (Å²) in [5.74, 6) is -0.184. The van der Waals surface area contributed by atoms with Crippen LogP contribution in [0.2, 0.25) is 0 Å². The molecule has 0 aliphatic carbocycles. The molecule has 0 aliphatic rings. The minimum Gasteiger partial charge on any atom is -0.372 e. The lowest BCUT2D eigenvalue weighted by atomic mass is 10.1. The van der Waals surface area contributed by atoms with Gasteiger partial charge in [0.05, 0.1) is 11.3 Å². The van der Waals surface area contributed by atoms with E-state index in [1.807, 2.05) is 84.9 Å². The summed E-state index contributed by atoms with van der Waals surface area (Å²) in [6, 6.07) is 27.5. The van der Waals surface area contributed by atoms with Crippen LogP contribution in [0, 0.1) is 0 Å². The van der Waals surface area contributed by atoms with Gasteiger partial charge in [-0.1, -0.05) is 48.5 Å². The van der Waals surface area contributed by atoms with Crippen LogP contribution in [0.15, 0.2) is 91.1 Å². The van der Waals surface area contributed by atoms with Crippen LogP contribution in [0.4, 0.5) is 11.4 Å². The van der Waals surface area contributed by atoms with E-state index < -0.39 is 0 Å². The third kappa shape index (κ3) is 4.51. The summed E-state index contributed by atoms with van der Waals surface area (Å²) in [6.07, 6.45) is 1.79. The Morgan fingerprint density at radius 1 is 0.871 bits per heavy atom. The fraction of sp³-hybridized carbons (Fsp3) is 0.154. The van der Waals surface area contributed by atoms with Gasteiger partial charge in [-0.2, -0.15) is 5.10 Å². The fourth-order valence-electron chi connectivity index (χ4n) is 3.61. The van der Waals surface area contributed by atoms with E-state index in [4.69, 9.17) is 5.10 Å². The maximum Gasteiger partial charge on any atom is 0.259 e. The van der Waals surface area contributed by atoms with E-state index in [1.165, 1.54) is 0 Å². The molecule has 0 spiro atoms. The number of hydrogen-bond donors (Lipinski definition) is 1. The zero-order chi connectivity index (χ0) is 21.6. The standard InChI is InChI=1S/C26H26N4O/c1-3-29(4-2)22-17-15-21(16-18-22)27-26(31)24-19-30(23-13-9-6-10-14-23)28-25(24)20-11-7-5-8-12-20/h5-19H,3-4H2,1-2H3,(H,27,31). The molecule has 1 aromatic heterocycles. The molecule has 1 N–H and O–H groups in total. The maximum atomic E-state index is 13.2. The highest BCUT2D eigenvalue weighted by molar-refractivity contribution is 6.08. The number of carbonyl (C=O) groups excluding carboxylic acids is 1. The fourth-order valence-corrected chi connectivity index (χ4v) is 3.61. The van der Waals surface area contributed by atoms with Crippen LogP contribution in [-0.4, -0.2) is 28.8 Å². The molecule has 156 valence electrons. The summed E-state index contributed by atoms with van der Waals surface area (Å²) >= 11 is 0. The number of amides is 1. The Morgan fingerprint density at radius 3 is 2.10 bits per heavy atom. The van der Waals surface area contributed by atoms with Gasteiger partial charge >= 0.3 is 0 Å². The van der Waals surface area contributed by atoms with Gasteiger partial charge in [-0.05, 0) is 50.2 Å². The lowest BCUT2D eigenvalue weighted by molar-refractivity contribution is 0.102. The van der Waals surface area contributed by atoms with E-state index in [0.29, 0.717) is 11.3 Å². The molecule has 4 rings (SSSR count). The first kappa shape index (κ1) is 20.4. The van der Waals surface area contributed by atoms with E-state index in [2.05, 4.69) is 24.1 Å². The Morgan fingerprint density at radius 2 is 1.48 bits per heavy atom. The van der Waals surface area contributed by atoms with Crippen molar-refractivity contribution in [2.45, 2.75) is 13.8 Å². The van der Waals surface area contributed by atoms with Gasteiger partial charge in [0.1, 0.15) is 5.69 Å². The zero-order valence-electron chi connectivity index (χ0n) is 17.8. The van der Waals surface area contributed by atoms with Crippen LogP contribution >= 0.6 is 0 Å². The van der Waals surface area contributed by atoms with E-state index in [-0.39, 0.29) is 5.91 Å². The molecular formula is C26H26N4O. The first-order valence-electron chi connectivity index (χ1n) is 10.6. The zero-order valence-corrected chi connectivity index (χ0v) is 17.8. The molecule has 0 unspecified atom stereocenters. The third-order valence-electron chi connectivity index (χ3n) is 5.28. The summed E-state index contributed by atoms with van der Waals surface area (Å²) < 4.78 is 1.75. The monoisotopic (exact) mass is 410 g/mol. The number of benzene rings is 3. The van der Waals surface area contributed by atoms with Crippen molar-refractivity contribution in [3.05, 3.63) is 96.7 Å². The number of carbonyl (C=O) groups is 1. The van der Waals surface area contributed by atoms with Gasteiger partial charge < -0.3 is 10.2 Å². The highest BCUT2D eigenvalue weighted by atomic mass is 16.1. The molecule has 0 radical (unpaired) electrons. The summed E-state index contributed by atoms with van der Waals surface area (Å²) in [5.41, 5.74) is 4.89. The molecule has 0 aliphatic heterocycles. The second kappa shape index (κ2) is 9.30. The van der Waals surface area contributed by atoms with E-state index >= 15 is 0 Å². The van der Waals surface area contributed by atoms with Gasteiger partial charge in [-0.15, -0.1) is 0 Å². The Labute approximate surface area is 183 Å². The molecule has 0 saturated heterocycles. The SMILES string of the molecule is CCN(CC)c1ccc(NC(=O)c2cn(-c3ccccc3)nc2-c2ccccc2)cc1. The van der Waals surface area contributed by atoms with Crippen LogP contribution in [0.3, 0.4) is 0 Å². The van der Waals surface area contributed by atoms with Crippen molar-refractivity contribution in [1.29, 1.82) is 0 Å². The molecule has 5 nitrogen and oxygen atoms in total. The van der Waals surface area contributed by atoms with Gasteiger partial charge in [-0.25, -0.2) is 4.68 Å². The molecule has 3 aromatic carbocycles. The maximum absolute atomic E-state index is 13.2. The minimum atomic E-state index is -0.184. The van der Waals surface area contributed by atoms with Crippen molar-refractivity contribution in [2.24, 2.45) is 0 Å². The topological polar surface area (TPSA) is 50.2 Å². The van der Waals surface area contributed by atoms with E-state index in [0.717, 1.165) is 35.7 Å². The molecule has 0 fully saturated rings. The first-order chi connectivity index (χ1) is 15.2. The van der Waals surface area contributed by atoms with Crippen molar-refractivity contribution >= 4 is 17.3 Å². The largest absolute Gasteiger partial charge is 0.372 e. The van der Waals surface area contributed by atoms with E-state index in [9.17, 15) is 4.79 Å². The number of nitrogens with zero attached hydrogens (tertiary/aromatic N) is 3. The number of anilines is 2. The van der Waals surface area contributed by atoms with Gasteiger partial charge in [0, 0.05) is 36.2 Å². The summed E-state index contributed by atoms with van der Waals surface area (Å²) in [7, 11) is 0. The average molecular weight is 411 g/mol. The average Bonchev–Trinajstić information content (AvgIpc) is 3.28. The lowest BCUT2D eigenvalue weighted by Crippen LogP contribution is -2.21. The molecule has 1 amide bonds. The smallest absolute Gasteiger partial charge is 0.259 e. The molecule has 5 heteroatoms. The van der Waals surface area contributed by atoms with Gasteiger partial charge in [0.15, 0.2) is 0 Å². The third-order valence-corrected chi connectivity index (χ3v) is 5.28. The molecule has 0 saturated carbocycles. The Hall–Kier alpha value is -3.86. The first-order valence-corrected chi connectivity index (χ1v) is 10.6. The number of nitrogens with one attached hydrogen (secondary N) is 1. The highest BCUT2D eigenvalue weighted by Gasteiger charge is 2.19. The van der Waals surface area contributed by atoms with E-state index in [1.54, 1.807) is 10.9 Å². The quantitative estimate of drug-likeness (QED) is 0.429. The van der Waals surface area contributed by atoms with Crippen molar-refractivity contribution in [3.8, 4) is 16.9 Å². The molecule has 0 bridgehead atoms. The Bertz CT molecular complexity index is 1130. The van der Waals surface area contributed by atoms with Crippen LogP contribution in [0.5, 0.6) is 0 Å². The molecular weight excluding hydrogens is 384 g/mol. The molecule has 0 atom stereocenters. The molecule has 31 heavy (non-hydrogen) atoms. The Balaban J connectivity index is 1.65. The van der Waals surface area contributed by atoms with Crippen molar-refractivity contribution in [1.82, 2.24) is 9.78 Å². The van der Waals surface area contributed by atoms with Crippen LogP contribution in [0.1, 0.15) is 24.2 Å². The molecule has 4 aromatic rings.